The summed E-state index contributed by atoms with van der Waals surface area (Å²) in [5.74, 6) is -0.804. The van der Waals surface area contributed by atoms with E-state index in [2.05, 4.69) is 15.6 Å². The molecule has 0 unspecified atom stereocenters. The first-order valence-corrected chi connectivity index (χ1v) is 9.46. The maximum Gasteiger partial charge on any atom is 0.325 e. The molecule has 0 aliphatic carbocycles. The summed E-state index contributed by atoms with van der Waals surface area (Å²) < 4.78 is 0. The number of amides is 4. The molecular formula is C22H22N4O3. The van der Waals surface area contributed by atoms with Gasteiger partial charge in [0.15, 0.2) is 0 Å². The second-order valence-corrected chi connectivity index (χ2v) is 7.41. The minimum absolute atomic E-state index is 0.317. The predicted molar refractivity (Wildman–Crippen MR) is 111 cm³/mol. The van der Waals surface area contributed by atoms with Crippen LogP contribution in [0, 0.1) is 13.8 Å². The molecule has 3 N–H and O–H groups in total. The number of H-pyrrole nitrogens is 1. The number of hydrogen-bond acceptors (Lipinski definition) is 3. The standard InChI is InChI=1S/C22H22N4O3/c1-13-7-14(2)9-16(8-13)24-20(27)12-26-21(28)19(25-22(26)29)10-15-11-23-18-6-4-3-5-17(15)18/h3-9,11,19,23H,10,12H2,1-2H3,(H,24,27)(H,25,29)/t19-/m0/s1. The first-order valence-electron chi connectivity index (χ1n) is 9.46. The van der Waals surface area contributed by atoms with Crippen molar-refractivity contribution in [3.8, 4) is 0 Å². The normalized spacial score (nSPS) is 16.3. The molecule has 0 spiro atoms. The predicted octanol–water partition coefficient (Wildman–Crippen LogP) is 2.89. The fraction of sp³-hybridized carbons (Fsp3) is 0.227. The van der Waals surface area contributed by atoms with Crippen molar-refractivity contribution in [2.75, 3.05) is 11.9 Å². The lowest BCUT2D eigenvalue weighted by molar-refractivity contribution is -0.130. The molecule has 7 heteroatoms. The molecule has 3 aromatic rings. The summed E-state index contributed by atoms with van der Waals surface area (Å²) in [6.45, 7) is 3.56. The van der Waals surface area contributed by atoms with Crippen LogP contribution in [0.5, 0.6) is 0 Å². The first-order chi connectivity index (χ1) is 13.9. The number of urea groups is 1. The molecule has 1 fully saturated rings. The Hall–Kier alpha value is -3.61. The fourth-order valence-corrected chi connectivity index (χ4v) is 3.78. The number of para-hydroxylation sites is 1. The first kappa shape index (κ1) is 18.7. The molecule has 1 aliphatic heterocycles. The molecule has 7 nitrogen and oxygen atoms in total. The third kappa shape index (κ3) is 3.85. The molecule has 0 bridgehead atoms. The van der Waals surface area contributed by atoms with Crippen molar-refractivity contribution in [1.29, 1.82) is 0 Å². The van der Waals surface area contributed by atoms with E-state index in [1.807, 2.05) is 62.5 Å². The van der Waals surface area contributed by atoms with E-state index in [1.165, 1.54) is 0 Å². The van der Waals surface area contributed by atoms with Crippen molar-refractivity contribution in [2.45, 2.75) is 26.3 Å². The van der Waals surface area contributed by atoms with Crippen molar-refractivity contribution in [3.63, 3.8) is 0 Å². The average molecular weight is 390 g/mol. The SMILES string of the molecule is Cc1cc(C)cc(NC(=O)CN2C(=O)N[C@@H](Cc3c[nH]c4ccccc34)C2=O)c1. The number of nitrogens with one attached hydrogen (secondary N) is 3. The van der Waals surface area contributed by atoms with Gasteiger partial charge in [-0.1, -0.05) is 24.3 Å². The second kappa shape index (κ2) is 7.43. The Balaban J connectivity index is 1.43. The van der Waals surface area contributed by atoms with Crippen LogP contribution in [0.1, 0.15) is 16.7 Å². The third-order valence-electron chi connectivity index (χ3n) is 5.01. The van der Waals surface area contributed by atoms with Gasteiger partial charge in [-0.3, -0.25) is 14.5 Å². The number of imide groups is 1. The van der Waals surface area contributed by atoms with Crippen molar-refractivity contribution >= 4 is 34.4 Å². The maximum absolute atomic E-state index is 12.7. The lowest BCUT2D eigenvalue weighted by Gasteiger charge is -2.13. The van der Waals surface area contributed by atoms with E-state index in [0.717, 1.165) is 32.5 Å². The molecule has 1 atom stereocenters. The Morgan fingerprint density at radius 2 is 1.83 bits per heavy atom. The topological polar surface area (TPSA) is 94.3 Å². The molecule has 148 valence electrons. The summed E-state index contributed by atoms with van der Waals surface area (Å²) in [5, 5.41) is 6.46. The van der Waals surface area contributed by atoms with Crippen LogP contribution < -0.4 is 10.6 Å². The van der Waals surface area contributed by atoms with E-state index in [9.17, 15) is 14.4 Å². The Morgan fingerprint density at radius 3 is 2.59 bits per heavy atom. The summed E-state index contributed by atoms with van der Waals surface area (Å²) in [4.78, 5) is 41.5. The smallest absolute Gasteiger partial charge is 0.325 e. The van der Waals surface area contributed by atoms with Gasteiger partial charge in [0.2, 0.25) is 5.91 Å². The maximum atomic E-state index is 12.7. The van der Waals surface area contributed by atoms with Crippen LogP contribution in [-0.2, 0) is 16.0 Å². The molecular weight excluding hydrogens is 368 g/mol. The number of benzene rings is 2. The number of fused-ring (bicyclic) bond motifs is 1. The van der Waals surface area contributed by atoms with E-state index in [0.29, 0.717) is 12.1 Å². The van der Waals surface area contributed by atoms with Crippen LogP contribution in [0.2, 0.25) is 0 Å². The minimum Gasteiger partial charge on any atom is -0.361 e. The highest BCUT2D eigenvalue weighted by atomic mass is 16.2. The van der Waals surface area contributed by atoms with E-state index in [-0.39, 0.29) is 6.54 Å². The fourth-order valence-electron chi connectivity index (χ4n) is 3.78. The lowest BCUT2D eigenvalue weighted by Crippen LogP contribution is -2.38. The van der Waals surface area contributed by atoms with E-state index < -0.39 is 23.9 Å². The molecule has 4 amide bonds. The average Bonchev–Trinajstić information content (AvgIpc) is 3.17. The van der Waals surface area contributed by atoms with Gasteiger partial charge in [-0.2, -0.15) is 0 Å². The van der Waals surface area contributed by atoms with Crippen LogP contribution in [0.4, 0.5) is 10.5 Å². The van der Waals surface area contributed by atoms with Crippen molar-refractivity contribution in [3.05, 3.63) is 65.4 Å². The second-order valence-electron chi connectivity index (χ2n) is 7.41. The summed E-state index contributed by atoms with van der Waals surface area (Å²) in [7, 11) is 0. The van der Waals surface area contributed by atoms with Gasteiger partial charge in [0.1, 0.15) is 12.6 Å². The van der Waals surface area contributed by atoms with Crippen LogP contribution in [0.3, 0.4) is 0 Å². The van der Waals surface area contributed by atoms with E-state index >= 15 is 0 Å². The number of anilines is 1. The lowest BCUT2D eigenvalue weighted by atomic mass is 10.1. The number of aromatic amines is 1. The van der Waals surface area contributed by atoms with Gasteiger partial charge in [0.05, 0.1) is 0 Å². The Bertz CT molecular complexity index is 1100. The number of rotatable bonds is 5. The van der Waals surface area contributed by atoms with E-state index in [4.69, 9.17) is 0 Å². The van der Waals surface area contributed by atoms with E-state index in [1.54, 1.807) is 0 Å². The third-order valence-corrected chi connectivity index (χ3v) is 5.01. The number of aromatic nitrogens is 1. The van der Waals surface area contributed by atoms with Gasteiger partial charge >= 0.3 is 6.03 Å². The molecule has 1 aromatic heterocycles. The number of nitrogens with zero attached hydrogens (tertiary/aromatic N) is 1. The largest absolute Gasteiger partial charge is 0.361 e. The molecule has 4 rings (SSSR count). The molecule has 2 heterocycles. The zero-order valence-corrected chi connectivity index (χ0v) is 16.3. The zero-order chi connectivity index (χ0) is 20.5. The van der Waals surface area contributed by atoms with Crippen LogP contribution in [0.25, 0.3) is 10.9 Å². The summed E-state index contributed by atoms with van der Waals surface area (Å²) in [6, 6.07) is 12.2. The highest BCUT2D eigenvalue weighted by molar-refractivity contribution is 6.08. The molecule has 1 saturated heterocycles. The minimum atomic E-state index is -0.685. The highest BCUT2D eigenvalue weighted by Gasteiger charge is 2.39. The van der Waals surface area contributed by atoms with Gasteiger partial charge in [-0.25, -0.2) is 4.79 Å². The molecule has 0 saturated carbocycles. The van der Waals surface area contributed by atoms with Gasteiger partial charge < -0.3 is 15.6 Å². The summed E-state index contributed by atoms with van der Waals surface area (Å²) in [6.07, 6.45) is 2.21. The van der Waals surface area contributed by atoms with Gasteiger partial charge in [0.25, 0.3) is 5.91 Å². The Morgan fingerprint density at radius 1 is 1.10 bits per heavy atom. The van der Waals surface area contributed by atoms with Crippen LogP contribution in [0.15, 0.2) is 48.7 Å². The number of aryl methyl sites for hydroxylation is 2. The summed E-state index contributed by atoms with van der Waals surface area (Å²) >= 11 is 0. The number of carbonyl (C=O) groups is 3. The van der Waals surface area contributed by atoms with Gasteiger partial charge in [-0.15, -0.1) is 0 Å². The van der Waals surface area contributed by atoms with Gasteiger partial charge in [-0.05, 0) is 48.7 Å². The number of hydrogen-bond donors (Lipinski definition) is 3. The number of carbonyl (C=O) groups excluding carboxylic acids is 3. The molecule has 0 radical (unpaired) electrons. The van der Waals surface area contributed by atoms with Crippen molar-refractivity contribution in [2.24, 2.45) is 0 Å². The van der Waals surface area contributed by atoms with Crippen LogP contribution in [-0.4, -0.2) is 40.3 Å². The zero-order valence-electron chi connectivity index (χ0n) is 16.3. The Kier molecular flexibility index (Phi) is 4.80. The van der Waals surface area contributed by atoms with Crippen molar-refractivity contribution < 1.29 is 14.4 Å². The van der Waals surface area contributed by atoms with Crippen molar-refractivity contribution in [1.82, 2.24) is 15.2 Å². The van der Waals surface area contributed by atoms with Crippen LogP contribution >= 0.6 is 0 Å². The molecule has 2 aromatic carbocycles. The summed E-state index contributed by atoms with van der Waals surface area (Å²) in [5.41, 5.74) is 4.61. The molecule has 29 heavy (non-hydrogen) atoms. The monoisotopic (exact) mass is 390 g/mol. The van der Waals surface area contributed by atoms with Gasteiger partial charge in [0, 0.05) is 29.2 Å². The quantitative estimate of drug-likeness (QED) is 0.585. The molecule has 1 aliphatic rings. The Labute approximate surface area is 168 Å². The highest BCUT2D eigenvalue weighted by Crippen LogP contribution is 2.21.